The van der Waals surface area contributed by atoms with E-state index in [0.717, 1.165) is 0 Å². The van der Waals surface area contributed by atoms with E-state index in [-0.39, 0.29) is 11.3 Å². The third-order valence-electron chi connectivity index (χ3n) is 5.14. The first-order valence-electron chi connectivity index (χ1n) is 9.67. The van der Waals surface area contributed by atoms with E-state index in [1.54, 1.807) is 43.3 Å². The molecule has 8 heteroatoms. The molecule has 31 heavy (non-hydrogen) atoms. The van der Waals surface area contributed by atoms with Crippen LogP contribution in [0.1, 0.15) is 6.92 Å². The predicted octanol–water partition coefficient (Wildman–Crippen LogP) is 3.98. The Kier molecular flexibility index (Phi) is 5.32. The number of rotatable bonds is 5. The summed E-state index contributed by atoms with van der Waals surface area (Å²) in [7, 11) is -1.93. The molecule has 0 atom stereocenters. The van der Waals surface area contributed by atoms with Crippen LogP contribution in [0.5, 0.6) is 0 Å². The van der Waals surface area contributed by atoms with Crippen molar-refractivity contribution < 1.29 is 12.8 Å². The zero-order chi connectivity index (χ0) is 22.2. The summed E-state index contributed by atoms with van der Waals surface area (Å²) >= 11 is 0. The fourth-order valence-corrected chi connectivity index (χ4v) is 4.19. The van der Waals surface area contributed by atoms with Gasteiger partial charge in [0.1, 0.15) is 5.82 Å². The summed E-state index contributed by atoms with van der Waals surface area (Å²) in [6, 6.07) is 19.6. The van der Waals surface area contributed by atoms with Gasteiger partial charge in [0.2, 0.25) is 10.0 Å². The van der Waals surface area contributed by atoms with Crippen LogP contribution in [0.4, 0.5) is 10.1 Å². The smallest absolute Gasteiger partial charge is 0.273 e. The SMILES string of the molecule is CCS(=O)(=O)N(C)c1cccc(-c2nn(-c3ccc(F)cc3)c(=O)c3ccccc23)c1. The third-order valence-corrected chi connectivity index (χ3v) is 6.92. The molecule has 158 valence electrons. The van der Waals surface area contributed by atoms with Crippen molar-refractivity contribution in [1.29, 1.82) is 0 Å². The van der Waals surface area contributed by atoms with Crippen molar-refractivity contribution in [3.05, 3.63) is 89.0 Å². The highest BCUT2D eigenvalue weighted by Crippen LogP contribution is 2.29. The maximum atomic E-state index is 13.4. The lowest BCUT2D eigenvalue weighted by molar-refractivity contribution is 0.595. The molecule has 0 aliphatic carbocycles. The first-order valence-corrected chi connectivity index (χ1v) is 11.3. The molecule has 0 N–H and O–H groups in total. The summed E-state index contributed by atoms with van der Waals surface area (Å²) in [6.07, 6.45) is 0. The first-order chi connectivity index (χ1) is 14.8. The topological polar surface area (TPSA) is 72.3 Å². The molecule has 0 amide bonds. The molecular weight excluding hydrogens is 417 g/mol. The summed E-state index contributed by atoms with van der Waals surface area (Å²) < 4.78 is 40.5. The molecule has 0 aliphatic rings. The Labute approximate surface area is 179 Å². The van der Waals surface area contributed by atoms with Gasteiger partial charge in [0, 0.05) is 18.0 Å². The molecule has 3 aromatic carbocycles. The second-order valence-corrected chi connectivity index (χ2v) is 9.29. The van der Waals surface area contributed by atoms with E-state index in [9.17, 15) is 17.6 Å². The Hall–Kier alpha value is -3.52. The highest BCUT2D eigenvalue weighted by Gasteiger charge is 2.18. The van der Waals surface area contributed by atoms with Crippen molar-refractivity contribution in [1.82, 2.24) is 9.78 Å². The lowest BCUT2D eigenvalue weighted by Crippen LogP contribution is -2.28. The van der Waals surface area contributed by atoms with Crippen LogP contribution >= 0.6 is 0 Å². The summed E-state index contributed by atoms with van der Waals surface area (Å²) in [5.41, 5.74) is 1.77. The van der Waals surface area contributed by atoms with Crippen molar-refractivity contribution in [2.45, 2.75) is 6.92 Å². The van der Waals surface area contributed by atoms with E-state index in [2.05, 4.69) is 5.10 Å². The molecule has 0 aliphatic heterocycles. The van der Waals surface area contributed by atoms with Crippen molar-refractivity contribution in [3.63, 3.8) is 0 Å². The standard InChI is InChI=1S/C23H20FN3O3S/c1-3-31(29,30)26(2)19-8-6-7-16(15-19)22-20-9-4-5-10-21(20)23(28)27(25-22)18-13-11-17(24)12-14-18/h4-15H,3H2,1-2H3. The molecule has 4 rings (SSSR count). The number of nitrogens with zero attached hydrogens (tertiary/aromatic N) is 3. The number of fused-ring (bicyclic) bond motifs is 1. The van der Waals surface area contributed by atoms with E-state index >= 15 is 0 Å². The lowest BCUT2D eigenvalue weighted by atomic mass is 10.0. The van der Waals surface area contributed by atoms with E-state index in [0.29, 0.717) is 33.4 Å². The van der Waals surface area contributed by atoms with Crippen LogP contribution in [0.2, 0.25) is 0 Å². The molecule has 0 saturated heterocycles. The maximum Gasteiger partial charge on any atom is 0.279 e. The highest BCUT2D eigenvalue weighted by molar-refractivity contribution is 7.92. The Morgan fingerprint density at radius 1 is 0.968 bits per heavy atom. The van der Waals surface area contributed by atoms with Gasteiger partial charge in [-0.1, -0.05) is 30.3 Å². The van der Waals surface area contributed by atoms with Gasteiger partial charge in [-0.2, -0.15) is 9.78 Å². The second kappa shape index (κ2) is 7.96. The molecule has 0 radical (unpaired) electrons. The quantitative estimate of drug-likeness (QED) is 0.474. The maximum absolute atomic E-state index is 13.4. The van der Waals surface area contributed by atoms with Gasteiger partial charge in [-0.05, 0) is 49.4 Å². The average Bonchev–Trinajstić information content (AvgIpc) is 2.80. The minimum Gasteiger partial charge on any atom is -0.273 e. The van der Waals surface area contributed by atoms with E-state index in [1.807, 2.05) is 12.1 Å². The number of hydrogen-bond donors (Lipinski definition) is 0. The van der Waals surface area contributed by atoms with Gasteiger partial charge in [0.25, 0.3) is 5.56 Å². The molecule has 0 fully saturated rings. The number of sulfonamides is 1. The van der Waals surface area contributed by atoms with Crippen LogP contribution in [-0.2, 0) is 10.0 Å². The van der Waals surface area contributed by atoms with Crippen LogP contribution in [0, 0.1) is 5.82 Å². The zero-order valence-electron chi connectivity index (χ0n) is 17.0. The third kappa shape index (κ3) is 3.82. The van der Waals surface area contributed by atoms with Gasteiger partial charge >= 0.3 is 0 Å². The number of halogens is 1. The first kappa shape index (κ1) is 20.7. The summed E-state index contributed by atoms with van der Waals surface area (Å²) in [4.78, 5) is 13.1. The molecule has 1 heterocycles. The molecule has 0 bridgehead atoms. The molecule has 0 unspecified atom stereocenters. The van der Waals surface area contributed by atoms with Crippen LogP contribution in [-0.4, -0.2) is 31.0 Å². The van der Waals surface area contributed by atoms with Gasteiger partial charge in [-0.15, -0.1) is 0 Å². The normalized spacial score (nSPS) is 11.6. The van der Waals surface area contributed by atoms with E-state index in [1.165, 1.54) is 40.3 Å². The second-order valence-electron chi connectivity index (χ2n) is 7.01. The number of benzene rings is 3. The molecule has 0 saturated carbocycles. The van der Waals surface area contributed by atoms with Gasteiger partial charge < -0.3 is 0 Å². The minimum atomic E-state index is -3.43. The molecular formula is C23H20FN3O3S. The number of anilines is 1. The monoisotopic (exact) mass is 437 g/mol. The Morgan fingerprint density at radius 3 is 2.32 bits per heavy atom. The van der Waals surface area contributed by atoms with Crippen molar-refractivity contribution in [2.24, 2.45) is 0 Å². The molecule has 4 aromatic rings. The van der Waals surface area contributed by atoms with Crippen molar-refractivity contribution in [2.75, 3.05) is 17.1 Å². The van der Waals surface area contributed by atoms with E-state index in [4.69, 9.17) is 0 Å². The number of hydrogen-bond acceptors (Lipinski definition) is 4. The van der Waals surface area contributed by atoms with Gasteiger partial charge in [-0.25, -0.2) is 12.8 Å². The van der Waals surface area contributed by atoms with Crippen LogP contribution < -0.4 is 9.86 Å². The van der Waals surface area contributed by atoms with Crippen LogP contribution in [0.15, 0.2) is 77.6 Å². The largest absolute Gasteiger partial charge is 0.279 e. The average molecular weight is 437 g/mol. The Morgan fingerprint density at radius 2 is 1.65 bits per heavy atom. The Bertz CT molecular complexity index is 1430. The van der Waals surface area contributed by atoms with Crippen LogP contribution in [0.25, 0.3) is 27.7 Å². The van der Waals surface area contributed by atoms with E-state index < -0.39 is 15.8 Å². The molecule has 0 spiro atoms. The summed E-state index contributed by atoms with van der Waals surface area (Å²) in [5, 5.41) is 5.67. The van der Waals surface area contributed by atoms with Crippen LogP contribution in [0.3, 0.4) is 0 Å². The minimum absolute atomic E-state index is 0.0235. The predicted molar refractivity (Wildman–Crippen MR) is 121 cm³/mol. The van der Waals surface area contributed by atoms with Gasteiger partial charge in [0.15, 0.2) is 0 Å². The molecule has 1 aromatic heterocycles. The van der Waals surface area contributed by atoms with Crippen molar-refractivity contribution in [3.8, 4) is 16.9 Å². The fourth-order valence-electron chi connectivity index (χ4n) is 3.36. The van der Waals surface area contributed by atoms with Gasteiger partial charge in [-0.3, -0.25) is 9.10 Å². The zero-order valence-corrected chi connectivity index (χ0v) is 17.8. The Balaban J connectivity index is 1.96. The lowest BCUT2D eigenvalue weighted by Gasteiger charge is -2.19. The highest BCUT2D eigenvalue weighted by atomic mass is 32.2. The van der Waals surface area contributed by atoms with Crippen molar-refractivity contribution >= 4 is 26.5 Å². The molecule has 6 nitrogen and oxygen atoms in total. The fraction of sp³-hybridized carbons (Fsp3) is 0.130. The summed E-state index contributed by atoms with van der Waals surface area (Å²) in [6.45, 7) is 1.59. The summed E-state index contributed by atoms with van der Waals surface area (Å²) in [5.74, 6) is -0.435. The number of aromatic nitrogens is 2. The van der Waals surface area contributed by atoms with Gasteiger partial charge in [0.05, 0.1) is 28.2 Å².